The van der Waals surface area contributed by atoms with Crippen LogP contribution in [-0.4, -0.2) is 53.0 Å². The van der Waals surface area contributed by atoms with Gasteiger partial charge < -0.3 is 9.64 Å². The number of nitrogens with one attached hydrogen (secondary N) is 1. The number of anilines is 1. The van der Waals surface area contributed by atoms with Crippen LogP contribution in [0.15, 0.2) is 47.4 Å². The molecule has 8 heteroatoms. The van der Waals surface area contributed by atoms with Crippen LogP contribution in [0.3, 0.4) is 0 Å². The summed E-state index contributed by atoms with van der Waals surface area (Å²) in [5.74, 6) is 1.17. The molecule has 2 aromatic carbocycles. The van der Waals surface area contributed by atoms with Crippen molar-refractivity contribution < 1.29 is 17.9 Å². The summed E-state index contributed by atoms with van der Waals surface area (Å²) in [6.45, 7) is 6.77. The number of rotatable bonds is 7. The number of hydrogen-bond donors (Lipinski definition) is 1. The first-order valence-electron chi connectivity index (χ1n) is 11.4. The Morgan fingerprint density at radius 1 is 1.12 bits per heavy atom. The van der Waals surface area contributed by atoms with Crippen LogP contribution < -0.4 is 14.4 Å². The van der Waals surface area contributed by atoms with Gasteiger partial charge in [0.25, 0.3) is 0 Å². The van der Waals surface area contributed by atoms with Gasteiger partial charge in [0.2, 0.25) is 15.9 Å². The summed E-state index contributed by atoms with van der Waals surface area (Å²) in [5, 5.41) is 0. The molecule has 178 valence electrons. The fourth-order valence-corrected chi connectivity index (χ4v) is 6.00. The van der Waals surface area contributed by atoms with E-state index in [1.807, 2.05) is 32.0 Å². The molecule has 0 bridgehead atoms. The van der Waals surface area contributed by atoms with Crippen molar-refractivity contribution >= 4 is 21.6 Å². The van der Waals surface area contributed by atoms with E-state index >= 15 is 0 Å². The minimum Gasteiger partial charge on any atom is -0.496 e. The van der Waals surface area contributed by atoms with Crippen molar-refractivity contribution in [3.8, 4) is 5.75 Å². The molecule has 2 aliphatic heterocycles. The molecule has 2 heterocycles. The van der Waals surface area contributed by atoms with Gasteiger partial charge in [0.15, 0.2) is 0 Å². The van der Waals surface area contributed by atoms with Gasteiger partial charge in [-0.1, -0.05) is 18.2 Å². The number of hydrogen-bond acceptors (Lipinski definition) is 5. The maximum absolute atomic E-state index is 13.0. The van der Waals surface area contributed by atoms with E-state index in [0.29, 0.717) is 12.5 Å². The average Bonchev–Trinajstić information content (AvgIpc) is 2.99. The Balaban J connectivity index is 1.35. The first-order chi connectivity index (χ1) is 15.6. The van der Waals surface area contributed by atoms with E-state index in [2.05, 4.69) is 15.7 Å². The molecule has 33 heavy (non-hydrogen) atoms. The summed E-state index contributed by atoms with van der Waals surface area (Å²) < 4.78 is 34.2. The molecule has 0 atom stereocenters. The predicted molar refractivity (Wildman–Crippen MR) is 129 cm³/mol. The predicted octanol–water partition coefficient (Wildman–Crippen LogP) is 3.14. The van der Waals surface area contributed by atoms with Gasteiger partial charge in [-0.25, -0.2) is 13.1 Å². The zero-order valence-corrected chi connectivity index (χ0v) is 20.6. The van der Waals surface area contributed by atoms with Gasteiger partial charge in [0, 0.05) is 31.4 Å². The lowest BCUT2D eigenvalue weighted by Gasteiger charge is -2.32. The van der Waals surface area contributed by atoms with Crippen molar-refractivity contribution in [2.24, 2.45) is 5.92 Å². The monoisotopic (exact) mass is 471 g/mol. The molecule has 0 aromatic heterocycles. The number of likely N-dealkylation sites (tertiary alicyclic amines) is 1. The van der Waals surface area contributed by atoms with Crippen molar-refractivity contribution in [2.45, 2.75) is 43.5 Å². The summed E-state index contributed by atoms with van der Waals surface area (Å²) in [7, 11) is -0.233. The quantitative estimate of drug-likeness (QED) is 0.671. The summed E-state index contributed by atoms with van der Waals surface area (Å²) in [5.41, 5.74) is 1.96. The maximum Gasteiger partial charge on any atom is 0.240 e. The summed E-state index contributed by atoms with van der Waals surface area (Å²) >= 11 is 0. The maximum atomic E-state index is 13.0. The van der Waals surface area contributed by atoms with Gasteiger partial charge in [-0.05, 0) is 75.5 Å². The number of sulfonamides is 1. The smallest absolute Gasteiger partial charge is 0.240 e. The number of benzene rings is 2. The normalized spacial score (nSPS) is 19.0. The third kappa shape index (κ3) is 4.65. The minimum atomic E-state index is -3.65. The highest BCUT2D eigenvalue weighted by Gasteiger charge is 2.42. The fraction of sp³-hybridized carbons (Fsp3) is 0.480. The minimum absolute atomic E-state index is 0.0279. The van der Waals surface area contributed by atoms with E-state index in [-0.39, 0.29) is 10.8 Å². The Kier molecular flexibility index (Phi) is 6.53. The van der Waals surface area contributed by atoms with Crippen molar-refractivity contribution in [2.75, 3.05) is 38.7 Å². The Hall–Kier alpha value is -2.42. The van der Waals surface area contributed by atoms with Crippen molar-refractivity contribution in [1.29, 1.82) is 0 Å². The molecule has 2 aliphatic rings. The molecular formula is C25H33N3O4S. The number of piperidine rings is 1. The fourth-order valence-electron chi connectivity index (χ4n) is 4.85. The second-order valence-corrected chi connectivity index (χ2v) is 11.3. The Bertz CT molecular complexity index is 1140. The van der Waals surface area contributed by atoms with E-state index < -0.39 is 15.4 Å². The van der Waals surface area contributed by atoms with Gasteiger partial charge in [0.05, 0.1) is 17.4 Å². The molecule has 4 rings (SSSR count). The van der Waals surface area contributed by atoms with E-state index in [9.17, 15) is 13.2 Å². The number of carbonyl (C=O) groups is 1. The summed E-state index contributed by atoms with van der Waals surface area (Å²) in [6.07, 6.45) is 1.88. The van der Waals surface area contributed by atoms with Crippen LogP contribution in [-0.2, 0) is 26.8 Å². The number of ether oxygens (including phenoxy) is 1. The van der Waals surface area contributed by atoms with Gasteiger partial charge >= 0.3 is 0 Å². The second kappa shape index (κ2) is 9.08. The molecule has 0 radical (unpaired) electrons. The Morgan fingerprint density at radius 2 is 1.82 bits per heavy atom. The van der Waals surface area contributed by atoms with E-state index in [1.54, 1.807) is 37.3 Å². The number of amides is 1. The van der Waals surface area contributed by atoms with Gasteiger partial charge in [-0.15, -0.1) is 0 Å². The average molecular weight is 472 g/mol. The van der Waals surface area contributed by atoms with Crippen molar-refractivity contribution in [3.63, 3.8) is 0 Å². The van der Waals surface area contributed by atoms with E-state index in [1.165, 1.54) is 5.56 Å². The van der Waals surface area contributed by atoms with E-state index in [4.69, 9.17) is 4.74 Å². The lowest BCUT2D eigenvalue weighted by Crippen LogP contribution is -2.38. The molecule has 0 saturated carbocycles. The molecule has 0 unspecified atom stereocenters. The first-order valence-corrected chi connectivity index (χ1v) is 12.9. The zero-order chi connectivity index (χ0) is 23.8. The number of nitrogens with zero attached hydrogens (tertiary/aromatic N) is 2. The van der Waals surface area contributed by atoms with Crippen LogP contribution in [0.4, 0.5) is 5.69 Å². The number of para-hydroxylation sites is 1. The zero-order valence-electron chi connectivity index (χ0n) is 19.8. The van der Waals surface area contributed by atoms with Crippen molar-refractivity contribution in [3.05, 3.63) is 53.6 Å². The molecule has 1 saturated heterocycles. The largest absolute Gasteiger partial charge is 0.496 e. The SMILES string of the molecule is COc1ccccc1CN1CCC(CNS(=O)(=O)c2ccc3c(c2)C(C)(C)C(=O)N3C)CC1. The third-order valence-electron chi connectivity index (χ3n) is 7.01. The Morgan fingerprint density at radius 3 is 2.52 bits per heavy atom. The highest BCUT2D eigenvalue weighted by Crippen LogP contribution is 2.41. The summed E-state index contributed by atoms with van der Waals surface area (Å²) in [6, 6.07) is 13.0. The van der Waals surface area contributed by atoms with Crippen LogP contribution in [0, 0.1) is 5.92 Å². The van der Waals surface area contributed by atoms with Crippen LogP contribution in [0.5, 0.6) is 5.75 Å². The molecule has 2 aromatic rings. The lowest BCUT2D eigenvalue weighted by atomic mass is 9.86. The molecule has 1 amide bonds. The standard InChI is InChI=1S/C25H33N3O4S/c1-25(2)21-15-20(9-10-22(21)27(3)24(25)29)33(30,31)26-16-18-11-13-28(14-12-18)17-19-7-5-6-8-23(19)32-4/h5-10,15,18,26H,11-14,16-17H2,1-4H3. The third-order valence-corrected chi connectivity index (χ3v) is 8.43. The number of carbonyl (C=O) groups excluding carboxylic acids is 1. The van der Waals surface area contributed by atoms with Crippen LogP contribution in [0.2, 0.25) is 0 Å². The Labute approximate surface area is 196 Å². The van der Waals surface area contributed by atoms with Gasteiger partial charge in [0.1, 0.15) is 5.75 Å². The number of likely N-dealkylation sites (N-methyl/N-ethyl adjacent to an activating group) is 1. The van der Waals surface area contributed by atoms with Gasteiger partial charge in [-0.2, -0.15) is 0 Å². The van der Waals surface area contributed by atoms with Crippen LogP contribution in [0.25, 0.3) is 0 Å². The molecule has 0 aliphatic carbocycles. The lowest BCUT2D eigenvalue weighted by molar-refractivity contribution is -0.121. The number of methoxy groups -OCH3 is 1. The first kappa shape index (κ1) is 23.7. The number of fused-ring (bicyclic) bond motifs is 1. The molecule has 1 N–H and O–H groups in total. The second-order valence-electron chi connectivity index (χ2n) is 9.55. The van der Waals surface area contributed by atoms with E-state index in [0.717, 1.165) is 49.5 Å². The van der Waals surface area contributed by atoms with Gasteiger partial charge in [-0.3, -0.25) is 9.69 Å². The summed E-state index contributed by atoms with van der Waals surface area (Å²) in [4.78, 5) is 16.7. The van der Waals surface area contributed by atoms with Crippen molar-refractivity contribution in [1.82, 2.24) is 9.62 Å². The highest BCUT2D eigenvalue weighted by molar-refractivity contribution is 7.89. The molecule has 1 fully saturated rings. The molecular weight excluding hydrogens is 438 g/mol. The topological polar surface area (TPSA) is 79.0 Å². The molecule has 7 nitrogen and oxygen atoms in total. The highest BCUT2D eigenvalue weighted by atomic mass is 32.2. The van der Waals surface area contributed by atoms with Crippen LogP contribution >= 0.6 is 0 Å². The molecule has 0 spiro atoms. The van der Waals surface area contributed by atoms with Crippen LogP contribution in [0.1, 0.15) is 37.8 Å².